The molecule has 0 aliphatic heterocycles. The summed E-state index contributed by atoms with van der Waals surface area (Å²) in [7, 11) is -2.50. The van der Waals surface area contributed by atoms with E-state index < -0.39 is 10.0 Å². The number of halogens is 1. The van der Waals surface area contributed by atoms with Crippen molar-refractivity contribution in [3.63, 3.8) is 0 Å². The molecular formula is C26H29ClN2O4S2. The maximum Gasteiger partial charge on any atom is 0.264 e. The van der Waals surface area contributed by atoms with Crippen LogP contribution in [0.3, 0.4) is 0 Å². The standard InChI is InChI=1S/C26H29ClN2O4S2/c1-20-7-3-4-8-21(20)19-34-16-6-15-28-26(30)18-29(23-10-5-9-22(27)17-23)35(31,32)25-13-11-24(33-2)12-14-25/h3-5,7-14,17H,6,15-16,18-19H2,1-2H3,(H,28,30). The highest BCUT2D eigenvalue weighted by Crippen LogP contribution is 2.27. The lowest BCUT2D eigenvalue weighted by Crippen LogP contribution is -2.41. The number of nitrogens with zero attached hydrogens (tertiary/aromatic N) is 1. The largest absolute Gasteiger partial charge is 0.497 e. The lowest BCUT2D eigenvalue weighted by atomic mass is 10.1. The molecule has 186 valence electrons. The van der Waals surface area contributed by atoms with Gasteiger partial charge in [-0.15, -0.1) is 0 Å². The van der Waals surface area contributed by atoms with Gasteiger partial charge < -0.3 is 10.1 Å². The highest BCUT2D eigenvalue weighted by Gasteiger charge is 2.27. The topological polar surface area (TPSA) is 75.7 Å². The number of benzene rings is 3. The fourth-order valence-electron chi connectivity index (χ4n) is 3.36. The molecule has 0 bridgehead atoms. The van der Waals surface area contributed by atoms with E-state index in [1.807, 2.05) is 12.1 Å². The maximum absolute atomic E-state index is 13.4. The SMILES string of the molecule is COc1ccc(S(=O)(=O)N(CC(=O)NCCCSCc2ccccc2C)c2cccc(Cl)c2)cc1. The third-order valence-electron chi connectivity index (χ3n) is 5.34. The zero-order chi connectivity index (χ0) is 25.3. The highest BCUT2D eigenvalue weighted by atomic mass is 35.5. The zero-order valence-corrected chi connectivity index (χ0v) is 22.1. The summed E-state index contributed by atoms with van der Waals surface area (Å²) in [5, 5.41) is 3.22. The van der Waals surface area contributed by atoms with Gasteiger partial charge in [0, 0.05) is 17.3 Å². The monoisotopic (exact) mass is 532 g/mol. The molecule has 6 nitrogen and oxygen atoms in total. The average Bonchev–Trinajstić information content (AvgIpc) is 2.85. The summed E-state index contributed by atoms with van der Waals surface area (Å²) >= 11 is 7.91. The van der Waals surface area contributed by atoms with Gasteiger partial charge >= 0.3 is 0 Å². The first kappa shape index (κ1) is 26.9. The molecule has 9 heteroatoms. The third kappa shape index (κ3) is 7.65. The summed E-state index contributed by atoms with van der Waals surface area (Å²) in [6.07, 6.45) is 0.782. The minimum absolute atomic E-state index is 0.0543. The molecule has 0 spiro atoms. The Morgan fingerprint density at radius 3 is 2.49 bits per heavy atom. The summed E-state index contributed by atoms with van der Waals surface area (Å²) in [6.45, 7) is 2.21. The lowest BCUT2D eigenvalue weighted by Gasteiger charge is -2.24. The normalized spacial score (nSPS) is 11.2. The van der Waals surface area contributed by atoms with Gasteiger partial charge in [-0.1, -0.05) is 41.9 Å². The van der Waals surface area contributed by atoms with Gasteiger partial charge in [-0.25, -0.2) is 8.42 Å². The third-order valence-corrected chi connectivity index (χ3v) is 8.45. The van der Waals surface area contributed by atoms with Crippen LogP contribution in [0.5, 0.6) is 5.75 Å². The Labute approximate surface area is 216 Å². The first-order valence-corrected chi connectivity index (χ1v) is 14.1. The first-order chi connectivity index (χ1) is 16.8. The van der Waals surface area contributed by atoms with Crippen molar-refractivity contribution in [1.29, 1.82) is 0 Å². The number of carbonyl (C=O) groups excluding carboxylic acids is 1. The van der Waals surface area contributed by atoms with Gasteiger partial charge in [0.15, 0.2) is 0 Å². The number of hydrogen-bond acceptors (Lipinski definition) is 5. The summed E-state index contributed by atoms with van der Waals surface area (Å²) in [5.41, 5.74) is 2.90. The van der Waals surface area contributed by atoms with Crippen molar-refractivity contribution >= 4 is 45.0 Å². The fourth-order valence-corrected chi connectivity index (χ4v) is 6.00. The molecule has 3 aromatic rings. The fraction of sp³-hybridized carbons (Fsp3) is 0.269. The van der Waals surface area contributed by atoms with Crippen LogP contribution in [0.4, 0.5) is 5.69 Å². The first-order valence-electron chi connectivity index (χ1n) is 11.1. The number of hydrogen-bond donors (Lipinski definition) is 1. The van der Waals surface area contributed by atoms with Gasteiger partial charge in [0.1, 0.15) is 12.3 Å². The lowest BCUT2D eigenvalue weighted by molar-refractivity contribution is -0.119. The predicted molar refractivity (Wildman–Crippen MR) is 144 cm³/mol. The summed E-state index contributed by atoms with van der Waals surface area (Å²) in [4.78, 5) is 12.8. The van der Waals surface area contributed by atoms with Crippen LogP contribution in [0.25, 0.3) is 0 Å². The molecule has 0 aliphatic carbocycles. The number of aryl methyl sites for hydroxylation is 1. The number of sulfonamides is 1. The van der Waals surface area contributed by atoms with Crippen molar-refractivity contribution in [1.82, 2.24) is 5.32 Å². The van der Waals surface area contributed by atoms with Crippen LogP contribution in [0.2, 0.25) is 5.02 Å². The minimum atomic E-state index is -4.01. The van der Waals surface area contributed by atoms with Crippen LogP contribution >= 0.6 is 23.4 Å². The summed E-state index contributed by atoms with van der Waals surface area (Å²) in [5.74, 6) is 1.96. The molecule has 0 fully saturated rings. The number of rotatable bonds is 12. The molecule has 0 aliphatic rings. The predicted octanol–water partition coefficient (Wildman–Crippen LogP) is 5.29. The van der Waals surface area contributed by atoms with E-state index in [-0.39, 0.29) is 17.3 Å². The second kappa shape index (κ2) is 12.9. The van der Waals surface area contributed by atoms with Crippen LogP contribution in [-0.2, 0) is 20.6 Å². The van der Waals surface area contributed by atoms with Gasteiger partial charge in [-0.2, -0.15) is 11.8 Å². The van der Waals surface area contributed by atoms with Crippen LogP contribution in [0, 0.1) is 6.92 Å². The molecule has 0 saturated carbocycles. The second-order valence-corrected chi connectivity index (χ2v) is 11.3. The van der Waals surface area contributed by atoms with E-state index in [1.54, 1.807) is 42.1 Å². The van der Waals surface area contributed by atoms with Crippen molar-refractivity contribution in [3.05, 3.63) is 88.9 Å². The van der Waals surface area contributed by atoms with Crippen LogP contribution in [0.1, 0.15) is 17.5 Å². The number of carbonyl (C=O) groups is 1. The maximum atomic E-state index is 13.4. The van der Waals surface area contributed by atoms with Gasteiger partial charge in [0.05, 0.1) is 17.7 Å². The van der Waals surface area contributed by atoms with Crippen molar-refractivity contribution in [2.24, 2.45) is 0 Å². The van der Waals surface area contributed by atoms with E-state index in [9.17, 15) is 13.2 Å². The minimum Gasteiger partial charge on any atom is -0.497 e. The van der Waals surface area contributed by atoms with Gasteiger partial charge in [-0.05, 0) is 72.7 Å². The van der Waals surface area contributed by atoms with Crippen molar-refractivity contribution in [2.75, 3.05) is 30.3 Å². The second-order valence-electron chi connectivity index (χ2n) is 7.85. The van der Waals surface area contributed by atoms with Gasteiger partial charge in [0.25, 0.3) is 10.0 Å². The number of thioether (sulfide) groups is 1. The quantitative estimate of drug-likeness (QED) is 0.321. The molecule has 0 radical (unpaired) electrons. The molecule has 0 heterocycles. The number of ether oxygens (including phenoxy) is 1. The number of anilines is 1. The molecule has 0 atom stereocenters. The van der Waals surface area contributed by atoms with E-state index in [0.29, 0.717) is 23.0 Å². The molecule has 3 aromatic carbocycles. The molecule has 1 amide bonds. The Morgan fingerprint density at radius 1 is 1.06 bits per heavy atom. The van der Waals surface area contributed by atoms with E-state index in [1.165, 1.54) is 36.4 Å². The average molecular weight is 533 g/mol. The van der Waals surface area contributed by atoms with E-state index in [0.717, 1.165) is 22.2 Å². The summed E-state index contributed by atoms with van der Waals surface area (Å²) in [6, 6.07) is 20.8. The highest BCUT2D eigenvalue weighted by molar-refractivity contribution is 7.98. The number of amides is 1. The zero-order valence-electron chi connectivity index (χ0n) is 19.7. The number of methoxy groups -OCH3 is 1. The van der Waals surface area contributed by atoms with E-state index >= 15 is 0 Å². The Kier molecular flexibility index (Phi) is 9.89. The van der Waals surface area contributed by atoms with E-state index in [4.69, 9.17) is 16.3 Å². The van der Waals surface area contributed by atoms with Crippen LogP contribution < -0.4 is 14.4 Å². The van der Waals surface area contributed by atoms with Crippen molar-refractivity contribution in [3.8, 4) is 5.75 Å². The van der Waals surface area contributed by atoms with Gasteiger partial charge in [0.2, 0.25) is 5.91 Å². The Balaban J connectivity index is 1.61. The molecule has 0 unspecified atom stereocenters. The molecule has 3 rings (SSSR count). The number of nitrogens with one attached hydrogen (secondary N) is 1. The van der Waals surface area contributed by atoms with Gasteiger partial charge in [-0.3, -0.25) is 9.10 Å². The Hall–Kier alpha value is -2.68. The van der Waals surface area contributed by atoms with Crippen molar-refractivity contribution < 1.29 is 17.9 Å². The summed E-state index contributed by atoms with van der Waals surface area (Å²) < 4.78 is 33.0. The Bertz CT molecular complexity index is 1230. The Morgan fingerprint density at radius 2 is 1.80 bits per heavy atom. The van der Waals surface area contributed by atoms with E-state index in [2.05, 4.69) is 24.4 Å². The van der Waals surface area contributed by atoms with Crippen LogP contribution in [0.15, 0.2) is 77.7 Å². The molecule has 0 aromatic heterocycles. The molecule has 0 saturated heterocycles. The molecular weight excluding hydrogens is 504 g/mol. The molecule has 35 heavy (non-hydrogen) atoms. The molecule has 1 N–H and O–H groups in total. The smallest absolute Gasteiger partial charge is 0.264 e. The van der Waals surface area contributed by atoms with Crippen molar-refractivity contribution in [2.45, 2.75) is 24.0 Å². The van der Waals surface area contributed by atoms with Crippen LogP contribution in [-0.4, -0.2) is 40.3 Å².